The number of rotatable bonds is 4. The highest BCUT2D eigenvalue weighted by molar-refractivity contribution is 7.09. The SMILES string of the molecule is COC(=O)CN(c1nc(C(F)(F)F)ns1)C(C)C. The Bertz CT molecular complexity index is 419. The van der Waals surface area contributed by atoms with Crippen molar-refractivity contribution in [2.24, 2.45) is 0 Å². The molecule has 0 fully saturated rings. The van der Waals surface area contributed by atoms with Crippen LogP contribution in [0.2, 0.25) is 0 Å². The maximum absolute atomic E-state index is 12.4. The van der Waals surface area contributed by atoms with E-state index in [0.717, 1.165) is 0 Å². The molecule has 0 bridgehead atoms. The van der Waals surface area contributed by atoms with Crippen molar-refractivity contribution >= 4 is 22.6 Å². The van der Waals surface area contributed by atoms with E-state index in [0.29, 0.717) is 11.5 Å². The van der Waals surface area contributed by atoms with Crippen LogP contribution in [0.5, 0.6) is 0 Å². The highest BCUT2D eigenvalue weighted by Gasteiger charge is 2.37. The van der Waals surface area contributed by atoms with Gasteiger partial charge in [-0.25, -0.2) is 0 Å². The summed E-state index contributed by atoms with van der Waals surface area (Å²) in [4.78, 5) is 16.0. The lowest BCUT2D eigenvalue weighted by Gasteiger charge is -2.23. The molecule has 1 heterocycles. The third-order valence-corrected chi connectivity index (χ3v) is 2.82. The molecule has 0 aromatic carbocycles. The zero-order valence-corrected chi connectivity index (χ0v) is 10.8. The van der Waals surface area contributed by atoms with Crippen LogP contribution in [0.15, 0.2) is 0 Å². The molecule has 0 aliphatic heterocycles. The number of alkyl halides is 3. The minimum Gasteiger partial charge on any atom is -0.468 e. The maximum atomic E-state index is 12.4. The molecular formula is C9H12F3N3O2S. The standard InChI is InChI=1S/C9H12F3N3O2S/c1-5(2)15(4-6(16)17-3)8-13-7(14-18-8)9(10,11)12/h5H,4H2,1-3H3. The number of aromatic nitrogens is 2. The smallest absolute Gasteiger partial charge is 0.452 e. The minimum atomic E-state index is -4.58. The van der Waals surface area contributed by atoms with Crippen molar-refractivity contribution < 1.29 is 22.7 Å². The Kier molecular flexibility index (Phi) is 4.49. The number of anilines is 1. The number of carbonyl (C=O) groups is 1. The first-order chi connectivity index (χ1) is 8.25. The summed E-state index contributed by atoms with van der Waals surface area (Å²) in [5.41, 5.74) is 0. The van der Waals surface area contributed by atoms with E-state index in [1.54, 1.807) is 13.8 Å². The van der Waals surface area contributed by atoms with Gasteiger partial charge < -0.3 is 9.64 Å². The number of ether oxygens (including phenoxy) is 1. The number of esters is 1. The van der Waals surface area contributed by atoms with Gasteiger partial charge in [-0.3, -0.25) is 4.79 Å². The summed E-state index contributed by atoms with van der Waals surface area (Å²) in [6.07, 6.45) is -4.58. The van der Waals surface area contributed by atoms with Crippen molar-refractivity contribution in [1.82, 2.24) is 9.36 Å². The van der Waals surface area contributed by atoms with Crippen molar-refractivity contribution in [2.75, 3.05) is 18.6 Å². The lowest BCUT2D eigenvalue weighted by Crippen LogP contribution is -2.36. The number of hydrogen-bond acceptors (Lipinski definition) is 6. The molecule has 1 aromatic rings. The zero-order valence-electron chi connectivity index (χ0n) is 9.98. The Morgan fingerprint density at radius 2 is 2.11 bits per heavy atom. The minimum absolute atomic E-state index is 0.0442. The predicted molar refractivity (Wildman–Crippen MR) is 59.4 cm³/mol. The van der Waals surface area contributed by atoms with E-state index >= 15 is 0 Å². The molecule has 1 aromatic heterocycles. The first-order valence-corrected chi connectivity index (χ1v) is 5.77. The summed E-state index contributed by atoms with van der Waals surface area (Å²) in [7, 11) is 1.21. The van der Waals surface area contributed by atoms with Crippen LogP contribution < -0.4 is 4.90 Å². The number of nitrogens with zero attached hydrogens (tertiary/aromatic N) is 3. The topological polar surface area (TPSA) is 55.3 Å². The van der Waals surface area contributed by atoms with E-state index in [-0.39, 0.29) is 17.7 Å². The van der Waals surface area contributed by atoms with Gasteiger partial charge in [0.1, 0.15) is 6.54 Å². The van der Waals surface area contributed by atoms with Gasteiger partial charge in [0.2, 0.25) is 11.0 Å². The molecule has 0 atom stereocenters. The maximum Gasteiger partial charge on any atom is 0.452 e. The molecule has 0 aliphatic rings. The number of hydrogen-bond donors (Lipinski definition) is 0. The first-order valence-electron chi connectivity index (χ1n) is 5.00. The van der Waals surface area contributed by atoms with Gasteiger partial charge in [-0.1, -0.05) is 0 Å². The van der Waals surface area contributed by atoms with E-state index in [1.165, 1.54) is 12.0 Å². The largest absolute Gasteiger partial charge is 0.468 e. The van der Waals surface area contributed by atoms with Gasteiger partial charge in [0, 0.05) is 17.6 Å². The molecule has 0 saturated carbocycles. The van der Waals surface area contributed by atoms with Gasteiger partial charge in [0.25, 0.3) is 0 Å². The Morgan fingerprint density at radius 3 is 2.50 bits per heavy atom. The van der Waals surface area contributed by atoms with Gasteiger partial charge in [-0.2, -0.15) is 22.5 Å². The van der Waals surface area contributed by atoms with Gasteiger partial charge in [-0.05, 0) is 13.8 Å². The molecule has 102 valence electrons. The summed E-state index contributed by atoms with van der Waals surface area (Å²) in [6.45, 7) is 3.30. The fourth-order valence-electron chi connectivity index (χ4n) is 1.12. The Hall–Kier alpha value is -1.38. The molecule has 1 rings (SSSR count). The van der Waals surface area contributed by atoms with Gasteiger partial charge >= 0.3 is 12.1 Å². The Morgan fingerprint density at radius 1 is 1.50 bits per heavy atom. The molecular weight excluding hydrogens is 271 g/mol. The fourth-order valence-corrected chi connectivity index (χ4v) is 1.94. The number of methoxy groups -OCH3 is 1. The molecule has 5 nitrogen and oxygen atoms in total. The Balaban J connectivity index is 2.93. The van der Waals surface area contributed by atoms with Gasteiger partial charge in [0.15, 0.2) is 0 Å². The van der Waals surface area contributed by atoms with E-state index in [2.05, 4.69) is 14.1 Å². The first kappa shape index (κ1) is 14.7. The van der Waals surface area contributed by atoms with Crippen molar-refractivity contribution in [2.45, 2.75) is 26.1 Å². The van der Waals surface area contributed by atoms with Crippen LogP contribution in [0.25, 0.3) is 0 Å². The second-order valence-electron chi connectivity index (χ2n) is 3.70. The molecule has 9 heteroatoms. The monoisotopic (exact) mass is 283 g/mol. The normalized spacial score (nSPS) is 11.7. The summed E-state index contributed by atoms with van der Waals surface area (Å²) in [5.74, 6) is -1.74. The van der Waals surface area contributed by atoms with E-state index in [1.807, 2.05) is 0 Å². The molecule has 0 saturated heterocycles. The van der Waals surface area contributed by atoms with Crippen LogP contribution in [-0.2, 0) is 15.7 Å². The summed E-state index contributed by atoms with van der Waals surface area (Å²) in [5, 5.41) is 0.0442. The second kappa shape index (κ2) is 5.51. The summed E-state index contributed by atoms with van der Waals surface area (Å²) in [6, 6.07) is -0.196. The number of carbonyl (C=O) groups excluding carboxylic acids is 1. The molecule has 0 amide bonds. The van der Waals surface area contributed by atoms with Crippen molar-refractivity contribution in [3.05, 3.63) is 5.82 Å². The van der Waals surface area contributed by atoms with Crippen molar-refractivity contribution in [3.8, 4) is 0 Å². The lowest BCUT2D eigenvalue weighted by molar-refractivity contribution is -0.144. The van der Waals surface area contributed by atoms with E-state index in [4.69, 9.17) is 0 Å². The lowest BCUT2D eigenvalue weighted by atomic mass is 10.3. The highest BCUT2D eigenvalue weighted by atomic mass is 32.1. The predicted octanol–water partition coefficient (Wildman–Crippen LogP) is 1.94. The van der Waals surface area contributed by atoms with Crippen LogP contribution in [0.3, 0.4) is 0 Å². The van der Waals surface area contributed by atoms with Crippen molar-refractivity contribution in [1.29, 1.82) is 0 Å². The molecule has 0 unspecified atom stereocenters. The van der Waals surface area contributed by atoms with E-state index in [9.17, 15) is 18.0 Å². The third-order valence-electron chi connectivity index (χ3n) is 2.07. The summed E-state index contributed by atoms with van der Waals surface area (Å²) < 4.78 is 44.8. The quantitative estimate of drug-likeness (QED) is 0.790. The van der Waals surface area contributed by atoms with Gasteiger partial charge in [-0.15, -0.1) is 0 Å². The molecule has 0 aliphatic carbocycles. The average Bonchev–Trinajstić information content (AvgIpc) is 2.73. The number of halogens is 3. The summed E-state index contributed by atoms with van der Waals surface area (Å²) >= 11 is 0.602. The highest BCUT2D eigenvalue weighted by Crippen LogP contribution is 2.30. The molecule has 0 N–H and O–H groups in total. The molecule has 18 heavy (non-hydrogen) atoms. The van der Waals surface area contributed by atoms with E-state index < -0.39 is 18.0 Å². The van der Waals surface area contributed by atoms with Crippen LogP contribution >= 0.6 is 11.5 Å². The Labute approximate surface area is 106 Å². The van der Waals surface area contributed by atoms with Gasteiger partial charge in [0.05, 0.1) is 7.11 Å². The van der Waals surface area contributed by atoms with Crippen LogP contribution in [-0.4, -0.2) is 35.0 Å². The van der Waals surface area contributed by atoms with Crippen LogP contribution in [0.1, 0.15) is 19.7 Å². The third kappa shape index (κ3) is 3.56. The molecule has 0 radical (unpaired) electrons. The fraction of sp³-hybridized carbons (Fsp3) is 0.667. The van der Waals surface area contributed by atoms with Crippen LogP contribution in [0.4, 0.5) is 18.3 Å². The second-order valence-corrected chi connectivity index (χ2v) is 4.43. The van der Waals surface area contributed by atoms with Crippen LogP contribution in [0, 0.1) is 0 Å². The zero-order chi connectivity index (χ0) is 13.9. The molecule has 0 spiro atoms. The van der Waals surface area contributed by atoms with Crippen molar-refractivity contribution in [3.63, 3.8) is 0 Å². The average molecular weight is 283 g/mol.